The highest BCUT2D eigenvalue weighted by Crippen LogP contribution is 2.45. The van der Waals surface area contributed by atoms with Crippen LogP contribution in [0.15, 0.2) is 4.40 Å². The summed E-state index contributed by atoms with van der Waals surface area (Å²) in [6.45, 7) is 0. The first-order chi connectivity index (χ1) is 10.1. The Morgan fingerprint density at radius 2 is 1.22 bits per heavy atom. The van der Waals surface area contributed by atoms with E-state index in [0.717, 1.165) is 0 Å². The van der Waals surface area contributed by atoms with Crippen LogP contribution in [0.3, 0.4) is 0 Å². The second-order valence-electron chi connectivity index (χ2n) is 2.36. The summed E-state index contributed by atoms with van der Waals surface area (Å²) in [6.07, 6.45) is 0.494. The van der Waals surface area contributed by atoms with Crippen molar-refractivity contribution in [3.05, 3.63) is 0 Å². The first-order valence-corrected chi connectivity index (χ1v) is 6.89. The van der Waals surface area contributed by atoms with Gasteiger partial charge in [-0.25, -0.2) is 28.5 Å². The van der Waals surface area contributed by atoms with E-state index in [-0.39, 0.29) is 0 Å². The SMILES string of the molecule is O=C(O)C(=O)O.O=C(O)C(=O)O.O=C=NS(=O)(=O)OP(=O)(O)F. The molecule has 0 rings (SSSR count). The molecule has 0 aliphatic heterocycles. The van der Waals surface area contributed by atoms with Crippen molar-refractivity contribution in [2.24, 2.45) is 4.40 Å². The Hall–Kier alpha value is -2.71. The molecule has 0 spiro atoms. The smallest absolute Gasteiger partial charge is 0.473 e. The lowest BCUT2D eigenvalue weighted by molar-refractivity contribution is -0.159. The highest BCUT2D eigenvalue weighted by Gasteiger charge is 2.27. The lowest BCUT2D eigenvalue weighted by Crippen LogP contribution is -2.09. The summed E-state index contributed by atoms with van der Waals surface area (Å²) in [7, 11) is -10.7. The van der Waals surface area contributed by atoms with Crippen LogP contribution in [0.4, 0.5) is 4.20 Å². The lowest BCUT2D eigenvalue weighted by atomic mass is 10.7. The quantitative estimate of drug-likeness (QED) is 0.152. The average Bonchev–Trinajstić information content (AvgIpc) is 2.26. The van der Waals surface area contributed by atoms with Crippen LogP contribution in [-0.2, 0) is 42.8 Å². The molecule has 0 saturated carbocycles. The number of halogens is 1. The number of isocyanates is 1. The maximum absolute atomic E-state index is 11.5. The number of hydrogen-bond donors (Lipinski definition) is 5. The van der Waals surface area contributed by atoms with Crippen molar-refractivity contribution in [3.63, 3.8) is 0 Å². The van der Waals surface area contributed by atoms with Gasteiger partial charge in [-0.15, -0.1) is 8.17 Å². The predicted octanol–water partition coefficient (Wildman–Crippen LogP) is -2.04. The second-order valence-corrected chi connectivity index (χ2v) is 4.89. The van der Waals surface area contributed by atoms with Gasteiger partial charge in [-0.3, -0.25) is 4.89 Å². The summed E-state index contributed by atoms with van der Waals surface area (Å²) in [5.74, 6) is -7.30. The van der Waals surface area contributed by atoms with Crippen LogP contribution >= 0.6 is 7.91 Å². The van der Waals surface area contributed by atoms with Crippen LogP contribution in [0.2, 0.25) is 0 Å². The molecule has 0 bridgehead atoms. The summed E-state index contributed by atoms with van der Waals surface area (Å²) >= 11 is 0. The Kier molecular flexibility index (Phi) is 12.0. The highest BCUT2D eigenvalue weighted by molar-refractivity contribution is 7.89. The Morgan fingerprint density at radius 1 is 0.957 bits per heavy atom. The highest BCUT2D eigenvalue weighted by atomic mass is 32.2. The molecule has 5 N–H and O–H groups in total. The van der Waals surface area contributed by atoms with Crippen LogP contribution in [0.25, 0.3) is 0 Å². The normalized spacial score (nSPS) is 11.7. The maximum Gasteiger partial charge on any atom is 0.526 e. The van der Waals surface area contributed by atoms with Gasteiger partial charge in [0.2, 0.25) is 0 Å². The third kappa shape index (κ3) is 24.7. The van der Waals surface area contributed by atoms with Crippen molar-refractivity contribution in [1.29, 1.82) is 0 Å². The molecule has 0 fully saturated rings. The number of carbonyl (C=O) groups excluding carboxylic acids is 1. The van der Waals surface area contributed by atoms with Gasteiger partial charge in [0.1, 0.15) is 0 Å². The maximum atomic E-state index is 11.5. The fourth-order valence-electron chi connectivity index (χ4n) is 0.178. The van der Waals surface area contributed by atoms with Crippen LogP contribution < -0.4 is 0 Å². The van der Waals surface area contributed by atoms with Gasteiger partial charge in [-0.1, -0.05) is 4.40 Å². The predicted molar refractivity (Wildman–Crippen MR) is 59.6 cm³/mol. The molecule has 0 aliphatic carbocycles. The molecule has 23 heavy (non-hydrogen) atoms. The summed E-state index contributed by atoms with van der Waals surface area (Å²) in [4.78, 5) is 53.3. The van der Waals surface area contributed by atoms with E-state index in [9.17, 15) is 22.0 Å². The zero-order valence-electron chi connectivity index (χ0n) is 10.1. The van der Waals surface area contributed by atoms with E-state index in [0.29, 0.717) is 6.08 Å². The van der Waals surface area contributed by atoms with Crippen molar-refractivity contribution in [2.75, 3.05) is 0 Å². The molecule has 15 nitrogen and oxygen atoms in total. The van der Waals surface area contributed by atoms with E-state index in [4.69, 9.17) is 44.5 Å². The second kappa shape index (κ2) is 10.9. The first kappa shape index (κ1) is 25.3. The number of carbonyl (C=O) groups is 4. The minimum absolute atomic E-state index is 0.494. The van der Waals surface area contributed by atoms with Gasteiger partial charge in [0.15, 0.2) is 0 Å². The van der Waals surface area contributed by atoms with Gasteiger partial charge < -0.3 is 20.4 Å². The van der Waals surface area contributed by atoms with Gasteiger partial charge in [-0.05, 0) is 0 Å². The van der Waals surface area contributed by atoms with Crippen molar-refractivity contribution in [1.82, 2.24) is 0 Å². The summed E-state index contributed by atoms with van der Waals surface area (Å²) in [5.41, 5.74) is 0. The van der Waals surface area contributed by atoms with Gasteiger partial charge in [0.25, 0.3) is 6.08 Å². The molecule has 0 amide bonds. The van der Waals surface area contributed by atoms with E-state index in [1.54, 1.807) is 0 Å². The molecule has 0 aromatic rings. The molecule has 0 aromatic heterocycles. The molecule has 132 valence electrons. The van der Waals surface area contributed by atoms with Crippen molar-refractivity contribution >= 4 is 48.2 Å². The topological polar surface area (TPSA) is 259 Å². The molecule has 0 aromatic carbocycles. The van der Waals surface area contributed by atoms with Gasteiger partial charge >= 0.3 is 42.1 Å². The monoisotopic (exact) mass is 385 g/mol. The molecule has 1 unspecified atom stereocenters. The number of carboxylic acids is 4. The van der Waals surface area contributed by atoms with Crippen molar-refractivity contribution in [2.45, 2.75) is 0 Å². The third-order valence-corrected chi connectivity index (χ3v) is 2.49. The Labute approximate surface area is 124 Å². The molecule has 0 saturated heterocycles. The summed E-state index contributed by atoms with van der Waals surface area (Å²) < 4.78 is 45.9. The van der Waals surface area contributed by atoms with E-state index in [1.165, 1.54) is 0 Å². The minimum Gasteiger partial charge on any atom is -0.473 e. The van der Waals surface area contributed by atoms with Crippen molar-refractivity contribution in [3.8, 4) is 0 Å². The number of rotatable bonds is 3. The van der Waals surface area contributed by atoms with Crippen LogP contribution in [0.5, 0.6) is 0 Å². The van der Waals surface area contributed by atoms with Crippen LogP contribution in [0, 0.1) is 0 Å². The molecule has 0 radical (unpaired) electrons. The summed E-state index contributed by atoms with van der Waals surface area (Å²) in [6, 6.07) is 0. The fraction of sp³-hybridized carbons (Fsp3) is 0. The van der Waals surface area contributed by atoms with E-state index in [2.05, 4.69) is 3.97 Å². The van der Waals surface area contributed by atoms with Crippen molar-refractivity contribution < 1.29 is 70.4 Å². The largest absolute Gasteiger partial charge is 0.526 e. The average molecular weight is 385 g/mol. The standard InChI is InChI=1S/2C2H2O4.CHFNO6PS/c2*3-1(4)2(5)6;2-10(5,6)9-11(7,8)3-1-4/h2*(H,3,4)(H,5,6);(H,5,6). The minimum atomic E-state index is -5.68. The molecule has 0 aliphatic rings. The number of hydrogen-bond acceptors (Lipinski definition) is 9. The number of aliphatic carboxylic acids is 4. The Bertz CT molecular complexity index is 607. The van der Waals surface area contributed by atoms with Crippen LogP contribution in [0.1, 0.15) is 0 Å². The number of nitrogens with zero attached hydrogens (tertiary/aromatic N) is 1. The Morgan fingerprint density at radius 3 is 1.35 bits per heavy atom. The first-order valence-electron chi connectivity index (χ1n) is 4.06. The molecule has 0 heterocycles. The lowest BCUT2D eigenvalue weighted by Gasteiger charge is -1.95. The van der Waals surface area contributed by atoms with Gasteiger partial charge in [0.05, 0.1) is 0 Å². The Balaban J connectivity index is -0.000000284. The zero-order valence-corrected chi connectivity index (χ0v) is 11.8. The molecular formula is C5H5FNO14PS. The number of carboxylic acid groups (broad SMARTS) is 4. The summed E-state index contributed by atoms with van der Waals surface area (Å²) in [5, 5.41) is 29.6. The zero-order chi connectivity index (χ0) is 19.4. The third-order valence-electron chi connectivity index (χ3n) is 0.701. The van der Waals surface area contributed by atoms with E-state index >= 15 is 0 Å². The molecule has 1 atom stereocenters. The molecular weight excluding hydrogens is 380 g/mol. The van der Waals surface area contributed by atoms with Gasteiger partial charge in [-0.2, -0.15) is 8.42 Å². The van der Waals surface area contributed by atoms with E-state index < -0.39 is 42.1 Å². The van der Waals surface area contributed by atoms with Crippen LogP contribution in [-0.4, -0.2) is 63.7 Å². The molecule has 18 heteroatoms. The fourth-order valence-corrected chi connectivity index (χ4v) is 1.33. The van der Waals surface area contributed by atoms with Gasteiger partial charge in [0, 0.05) is 0 Å². The van der Waals surface area contributed by atoms with E-state index in [1.807, 2.05) is 4.40 Å².